The quantitative estimate of drug-likeness (QED) is 0.620. The van der Waals surface area contributed by atoms with E-state index in [-0.39, 0.29) is 23.1 Å². The number of nitrogens with one attached hydrogen (secondary N) is 2. The molecule has 1 aromatic carbocycles. The molecule has 1 unspecified atom stereocenters. The summed E-state index contributed by atoms with van der Waals surface area (Å²) < 4.78 is 0. The van der Waals surface area contributed by atoms with Gasteiger partial charge in [0.15, 0.2) is 0 Å². The third kappa shape index (κ3) is 5.06. The highest BCUT2D eigenvalue weighted by atomic mass is 32.1. The molecule has 1 fully saturated rings. The molecule has 6 nitrogen and oxygen atoms in total. The number of piperazine rings is 1. The Labute approximate surface area is 186 Å². The summed E-state index contributed by atoms with van der Waals surface area (Å²) in [6.07, 6.45) is 0. The Morgan fingerprint density at radius 1 is 1.10 bits per heavy atom. The number of amides is 1. The molecular weight excluding hydrogens is 408 g/mol. The average Bonchev–Trinajstić information content (AvgIpc) is 3.30. The second kappa shape index (κ2) is 9.49. The minimum Gasteiger partial charge on any atom is -0.369 e. The van der Waals surface area contributed by atoms with Crippen LogP contribution in [0.25, 0.3) is 0 Å². The highest BCUT2D eigenvalue weighted by Gasteiger charge is 2.20. The number of rotatable bonds is 6. The number of aromatic amines is 1. The molecule has 0 saturated carbocycles. The normalized spacial score (nSPS) is 15.6. The number of carbonyl (C=O) groups is 1. The number of benzene rings is 1. The van der Waals surface area contributed by atoms with E-state index < -0.39 is 0 Å². The maximum absolute atomic E-state index is 12.5. The zero-order chi connectivity index (χ0) is 21.8. The maximum atomic E-state index is 12.5. The molecule has 31 heavy (non-hydrogen) atoms. The molecule has 3 heterocycles. The van der Waals surface area contributed by atoms with Crippen molar-refractivity contribution in [3.63, 3.8) is 0 Å². The Balaban J connectivity index is 1.34. The lowest BCUT2D eigenvalue weighted by Gasteiger charge is -2.36. The molecule has 1 aliphatic rings. The molecule has 3 aromatic rings. The van der Waals surface area contributed by atoms with Crippen molar-refractivity contribution in [2.75, 3.05) is 31.1 Å². The summed E-state index contributed by atoms with van der Waals surface area (Å²) in [6, 6.07) is 15.7. The number of H-pyrrole nitrogens is 1. The Hall–Kier alpha value is -2.90. The van der Waals surface area contributed by atoms with Crippen LogP contribution in [0.4, 0.5) is 5.69 Å². The van der Waals surface area contributed by atoms with Crippen LogP contribution in [-0.2, 0) is 6.54 Å². The third-order valence-corrected chi connectivity index (χ3v) is 6.81. The van der Waals surface area contributed by atoms with Gasteiger partial charge in [0.25, 0.3) is 11.5 Å². The van der Waals surface area contributed by atoms with Gasteiger partial charge in [-0.25, -0.2) is 0 Å². The van der Waals surface area contributed by atoms with Crippen molar-refractivity contribution in [1.29, 1.82) is 0 Å². The molecule has 0 spiro atoms. The summed E-state index contributed by atoms with van der Waals surface area (Å²) in [7, 11) is 0. The molecule has 0 radical (unpaired) electrons. The fraction of sp³-hybridized carbons (Fsp3) is 0.333. The summed E-state index contributed by atoms with van der Waals surface area (Å²) in [5.74, 6) is -0.347. The molecule has 2 aromatic heterocycles. The van der Waals surface area contributed by atoms with Crippen LogP contribution in [0.5, 0.6) is 0 Å². The average molecular weight is 437 g/mol. The minimum atomic E-state index is -0.347. The van der Waals surface area contributed by atoms with Gasteiger partial charge in [-0.15, -0.1) is 11.3 Å². The van der Waals surface area contributed by atoms with Crippen molar-refractivity contribution < 1.29 is 4.79 Å². The zero-order valence-electron chi connectivity index (χ0n) is 17.9. The number of hydrogen-bond acceptors (Lipinski definition) is 5. The molecule has 2 N–H and O–H groups in total. The lowest BCUT2D eigenvalue weighted by molar-refractivity contribution is 0.0939. The Morgan fingerprint density at radius 2 is 1.87 bits per heavy atom. The Kier molecular flexibility index (Phi) is 6.53. The van der Waals surface area contributed by atoms with E-state index in [9.17, 15) is 9.59 Å². The summed E-state index contributed by atoms with van der Waals surface area (Å²) >= 11 is 1.58. The van der Waals surface area contributed by atoms with Crippen molar-refractivity contribution in [1.82, 2.24) is 15.2 Å². The van der Waals surface area contributed by atoms with Crippen LogP contribution in [0.15, 0.2) is 58.7 Å². The van der Waals surface area contributed by atoms with Gasteiger partial charge in [-0.2, -0.15) is 0 Å². The Bertz CT molecular complexity index is 1080. The molecule has 7 heteroatoms. The fourth-order valence-corrected chi connectivity index (χ4v) is 4.71. The summed E-state index contributed by atoms with van der Waals surface area (Å²) in [5, 5.41) is 4.87. The van der Waals surface area contributed by atoms with E-state index >= 15 is 0 Å². The number of nitrogens with zero attached hydrogens (tertiary/aromatic N) is 2. The molecule has 0 aliphatic carbocycles. The third-order valence-electron chi connectivity index (χ3n) is 5.75. The van der Waals surface area contributed by atoms with E-state index in [0.29, 0.717) is 6.54 Å². The largest absolute Gasteiger partial charge is 0.369 e. The first-order valence-corrected chi connectivity index (χ1v) is 11.5. The fourth-order valence-electron chi connectivity index (χ4n) is 3.97. The second-order valence-electron chi connectivity index (χ2n) is 7.99. The topological polar surface area (TPSA) is 68.4 Å². The van der Waals surface area contributed by atoms with Crippen LogP contribution in [0.1, 0.15) is 39.5 Å². The van der Waals surface area contributed by atoms with Gasteiger partial charge in [-0.3, -0.25) is 14.5 Å². The van der Waals surface area contributed by atoms with Crippen LogP contribution >= 0.6 is 11.3 Å². The van der Waals surface area contributed by atoms with Gasteiger partial charge in [0.05, 0.1) is 6.04 Å². The molecular formula is C24H28N4O2S. The molecule has 1 aliphatic heterocycles. The monoisotopic (exact) mass is 436 g/mol. The Morgan fingerprint density at radius 3 is 2.55 bits per heavy atom. The molecule has 4 rings (SSSR count). The van der Waals surface area contributed by atoms with Gasteiger partial charge in [-0.1, -0.05) is 24.3 Å². The van der Waals surface area contributed by atoms with Crippen molar-refractivity contribution in [3.05, 3.63) is 86.0 Å². The number of hydrogen-bond donors (Lipinski definition) is 2. The van der Waals surface area contributed by atoms with E-state index in [1.807, 2.05) is 30.5 Å². The number of aromatic nitrogens is 1. The lowest BCUT2D eigenvalue weighted by atomic mass is 10.1. The molecule has 1 saturated heterocycles. The summed E-state index contributed by atoms with van der Waals surface area (Å²) in [5.41, 5.74) is 3.23. The van der Waals surface area contributed by atoms with E-state index in [4.69, 9.17) is 0 Å². The predicted octanol–water partition coefficient (Wildman–Crippen LogP) is 3.56. The van der Waals surface area contributed by atoms with Gasteiger partial charge in [-0.05, 0) is 49.1 Å². The first-order valence-electron chi connectivity index (χ1n) is 10.6. The van der Waals surface area contributed by atoms with Crippen molar-refractivity contribution >= 4 is 22.9 Å². The van der Waals surface area contributed by atoms with Crippen LogP contribution < -0.4 is 15.8 Å². The minimum absolute atomic E-state index is 0.129. The van der Waals surface area contributed by atoms with Crippen LogP contribution in [0.2, 0.25) is 0 Å². The number of anilines is 1. The van der Waals surface area contributed by atoms with Gasteiger partial charge in [0.1, 0.15) is 5.56 Å². The molecule has 162 valence electrons. The van der Waals surface area contributed by atoms with E-state index in [1.54, 1.807) is 17.4 Å². The van der Waals surface area contributed by atoms with E-state index in [2.05, 4.69) is 51.3 Å². The standard InChI is InChI=1S/C24H28N4O2S/c1-17-6-3-4-7-21(17)28-13-11-27(12-14-28)16-19-9-10-20(24(30)26-19)23(29)25-18(2)22-8-5-15-31-22/h3-10,15,18H,11-14,16H2,1-2H3,(H,25,29)(H,26,30). The zero-order valence-corrected chi connectivity index (χ0v) is 18.7. The smallest absolute Gasteiger partial charge is 0.261 e. The van der Waals surface area contributed by atoms with Gasteiger partial charge < -0.3 is 15.2 Å². The van der Waals surface area contributed by atoms with Gasteiger partial charge in [0, 0.05) is 49.0 Å². The van der Waals surface area contributed by atoms with Crippen LogP contribution in [0, 0.1) is 6.92 Å². The van der Waals surface area contributed by atoms with E-state index in [0.717, 1.165) is 36.8 Å². The van der Waals surface area contributed by atoms with Crippen LogP contribution in [-0.4, -0.2) is 42.0 Å². The maximum Gasteiger partial charge on any atom is 0.261 e. The van der Waals surface area contributed by atoms with Crippen LogP contribution in [0.3, 0.4) is 0 Å². The van der Waals surface area contributed by atoms with E-state index in [1.165, 1.54) is 11.3 Å². The summed E-state index contributed by atoms with van der Waals surface area (Å²) in [6.45, 7) is 8.50. The number of para-hydroxylation sites is 1. The molecule has 1 atom stereocenters. The highest BCUT2D eigenvalue weighted by molar-refractivity contribution is 7.10. The van der Waals surface area contributed by atoms with Crippen molar-refractivity contribution in [2.45, 2.75) is 26.4 Å². The number of pyridine rings is 1. The first kappa shape index (κ1) is 21.3. The predicted molar refractivity (Wildman–Crippen MR) is 126 cm³/mol. The SMILES string of the molecule is Cc1ccccc1N1CCN(Cc2ccc(C(=O)NC(C)c3cccs3)c(=O)[nH]2)CC1. The molecule has 1 amide bonds. The van der Waals surface area contributed by atoms with Crippen molar-refractivity contribution in [3.8, 4) is 0 Å². The van der Waals surface area contributed by atoms with Crippen molar-refractivity contribution in [2.24, 2.45) is 0 Å². The summed E-state index contributed by atoms with van der Waals surface area (Å²) in [4.78, 5) is 33.8. The first-order chi connectivity index (χ1) is 15.0. The number of aryl methyl sites for hydroxylation is 1. The van der Waals surface area contributed by atoms with Gasteiger partial charge >= 0.3 is 0 Å². The molecule has 0 bridgehead atoms. The van der Waals surface area contributed by atoms with Gasteiger partial charge in [0.2, 0.25) is 0 Å². The number of thiophene rings is 1. The lowest BCUT2D eigenvalue weighted by Crippen LogP contribution is -2.46. The highest BCUT2D eigenvalue weighted by Crippen LogP contribution is 2.21. The second-order valence-corrected chi connectivity index (χ2v) is 8.97. The number of carbonyl (C=O) groups excluding carboxylic acids is 1.